The largest absolute Gasteiger partial charge is 0.351 e. The van der Waals surface area contributed by atoms with E-state index in [0.717, 1.165) is 35.6 Å². The molecule has 0 radical (unpaired) electrons. The molecule has 1 atom stereocenters. The summed E-state index contributed by atoms with van der Waals surface area (Å²) < 4.78 is 0. The molecule has 2 fully saturated rings. The minimum Gasteiger partial charge on any atom is -0.351 e. The highest BCUT2D eigenvalue weighted by Gasteiger charge is 2.16. The molecule has 1 aliphatic carbocycles. The van der Waals surface area contributed by atoms with Gasteiger partial charge in [0.25, 0.3) is 5.91 Å². The predicted molar refractivity (Wildman–Crippen MR) is 112 cm³/mol. The highest BCUT2D eigenvalue weighted by atomic mass is 32.2. The molecule has 1 saturated carbocycles. The van der Waals surface area contributed by atoms with E-state index in [0.29, 0.717) is 0 Å². The predicted octanol–water partition coefficient (Wildman–Crippen LogP) is 4.71. The van der Waals surface area contributed by atoms with Gasteiger partial charge in [0.15, 0.2) is 0 Å². The molecule has 1 saturated heterocycles. The standard InChI is InChI=1S/C22H34N2OS/c1-18-6-5-14-24(16-18)17-19-9-11-20(12-10-19)22(25)23-13-15-26-21-7-3-2-4-8-21/h9-12,18,21H,2-8,13-17H2,1H3,(H,23,25)/t18-/m1/s1. The van der Waals surface area contributed by atoms with Crippen molar-refractivity contribution >= 4 is 17.7 Å². The van der Waals surface area contributed by atoms with Crippen molar-refractivity contribution < 1.29 is 4.79 Å². The molecule has 0 unspecified atom stereocenters. The maximum atomic E-state index is 12.3. The first kappa shape index (κ1) is 19.8. The van der Waals surface area contributed by atoms with E-state index >= 15 is 0 Å². The van der Waals surface area contributed by atoms with Gasteiger partial charge in [-0.3, -0.25) is 9.69 Å². The second kappa shape index (κ2) is 10.4. The van der Waals surface area contributed by atoms with Gasteiger partial charge in [-0.2, -0.15) is 11.8 Å². The Kier molecular flexibility index (Phi) is 7.87. The average molecular weight is 375 g/mol. The van der Waals surface area contributed by atoms with Gasteiger partial charge >= 0.3 is 0 Å². The lowest BCUT2D eigenvalue weighted by atomic mass is 9.99. The van der Waals surface area contributed by atoms with Gasteiger partial charge in [-0.05, 0) is 55.8 Å². The van der Waals surface area contributed by atoms with Crippen molar-refractivity contribution in [2.75, 3.05) is 25.4 Å². The van der Waals surface area contributed by atoms with Crippen molar-refractivity contribution in [2.45, 2.75) is 63.7 Å². The lowest BCUT2D eigenvalue weighted by molar-refractivity contribution is 0.0956. The Labute approximate surface area is 163 Å². The number of carbonyl (C=O) groups excluding carboxylic acids is 1. The summed E-state index contributed by atoms with van der Waals surface area (Å²) in [5.74, 6) is 1.90. The van der Waals surface area contributed by atoms with E-state index in [1.807, 2.05) is 23.9 Å². The molecule has 0 bridgehead atoms. The van der Waals surface area contributed by atoms with Crippen molar-refractivity contribution in [1.29, 1.82) is 0 Å². The second-order valence-electron chi connectivity index (χ2n) is 8.07. The molecule has 0 aromatic heterocycles. The molecule has 3 nitrogen and oxygen atoms in total. The van der Waals surface area contributed by atoms with E-state index in [1.165, 1.54) is 63.6 Å². The summed E-state index contributed by atoms with van der Waals surface area (Å²) in [6.45, 7) is 6.51. The number of carbonyl (C=O) groups is 1. The summed E-state index contributed by atoms with van der Waals surface area (Å²) in [6.07, 6.45) is 9.54. The number of likely N-dealkylation sites (tertiary alicyclic amines) is 1. The van der Waals surface area contributed by atoms with Crippen molar-refractivity contribution in [1.82, 2.24) is 10.2 Å². The van der Waals surface area contributed by atoms with Gasteiger partial charge in [0, 0.05) is 36.2 Å². The minimum atomic E-state index is 0.0624. The second-order valence-corrected chi connectivity index (χ2v) is 9.47. The SMILES string of the molecule is C[C@@H]1CCCN(Cc2ccc(C(=O)NCCSC3CCCCC3)cc2)C1. The lowest BCUT2D eigenvalue weighted by Crippen LogP contribution is -2.33. The van der Waals surface area contributed by atoms with Gasteiger partial charge in [-0.25, -0.2) is 0 Å². The number of amides is 1. The molecule has 1 aliphatic heterocycles. The quantitative estimate of drug-likeness (QED) is 0.701. The van der Waals surface area contributed by atoms with Gasteiger partial charge in [-0.1, -0.05) is 38.3 Å². The van der Waals surface area contributed by atoms with Crippen LogP contribution in [-0.2, 0) is 6.54 Å². The molecule has 26 heavy (non-hydrogen) atoms. The fraction of sp³-hybridized carbons (Fsp3) is 0.682. The Morgan fingerprint density at radius 2 is 1.88 bits per heavy atom. The molecule has 1 amide bonds. The van der Waals surface area contributed by atoms with Crippen molar-refractivity contribution in [2.24, 2.45) is 5.92 Å². The molecular weight excluding hydrogens is 340 g/mol. The van der Waals surface area contributed by atoms with E-state index in [9.17, 15) is 4.79 Å². The van der Waals surface area contributed by atoms with Gasteiger partial charge in [0.1, 0.15) is 0 Å². The van der Waals surface area contributed by atoms with Crippen molar-refractivity contribution in [3.8, 4) is 0 Å². The number of thioether (sulfide) groups is 1. The summed E-state index contributed by atoms with van der Waals surface area (Å²) >= 11 is 2.04. The zero-order chi connectivity index (χ0) is 18.2. The topological polar surface area (TPSA) is 32.3 Å². The van der Waals surface area contributed by atoms with Crippen LogP contribution in [0.2, 0.25) is 0 Å². The van der Waals surface area contributed by atoms with E-state index in [-0.39, 0.29) is 5.91 Å². The highest BCUT2D eigenvalue weighted by molar-refractivity contribution is 7.99. The van der Waals surface area contributed by atoms with Crippen LogP contribution in [0.25, 0.3) is 0 Å². The lowest BCUT2D eigenvalue weighted by Gasteiger charge is -2.30. The zero-order valence-corrected chi connectivity index (χ0v) is 17.0. The zero-order valence-electron chi connectivity index (χ0n) is 16.2. The van der Waals surface area contributed by atoms with Crippen LogP contribution in [0.15, 0.2) is 24.3 Å². The number of piperidine rings is 1. The maximum absolute atomic E-state index is 12.3. The van der Waals surface area contributed by atoms with Gasteiger partial charge in [0.05, 0.1) is 0 Å². The number of nitrogens with one attached hydrogen (secondary N) is 1. The number of benzene rings is 1. The molecule has 1 heterocycles. The maximum Gasteiger partial charge on any atom is 0.251 e. The van der Waals surface area contributed by atoms with Crippen LogP contribution in [-0.4, -0.2) is 41.4 Å². The normalized spacial score (nSPS) is 22.3. The van der Waals surface area contributed by atoms with Crippen LogP contribution in [0, 0.1) is 5.92 Å². The number of nitrogens with zero attached hydrogens (tertiary/aromatic N) is 1. The van der Waals surface area contributed by atoms with Gasteiger partial charge in [0.2, 0.25) is 0 Å². The molecule has 0 spiro atoms. The third kappa shape index (κ3) is 6.31. The Bertz CT molecular complexity index is 554. The Hall–Kier alpha value is -1.00. The van der Waals surface area contributed by atoms with Crippen LogP contribution in [0.5, 0.6) is 0 Å². The fourth-order valence-corrected chi connectivity index (χ4v) is 5.39. The minimum absolute atomic E-state index is 0.0624. The molecular formula is C22H34N2OS. The number of rotatable bonds is 7. The van der Waals surface area contributed by atoms with Crippen LogP contribution in [0.3, 0.4) is 0 Å². The smallest absolute Gasteiger partial charge is 0.251 e. The van der Waals surface area contributed by atoms with E-state index in [1.54, 1.807) is 0 Å². The Balaban J connectivity index is 1.37. The van der Waals surface area contributed by atoms with E-state index in [2.05, 4.69) is 29.3 Å². The fourth-order valence-electron chi connectivity index (χ4n) is 4.17. The first-order valence-corrected chi connectivity index (χ1v) is 11.5. The summed E-state index contributed by atoms with van der Waals surface area (Å²) in [6, 6.07) is 8.19. The van der Waals surface area contributed by atoms with Crippen LogP contribution in [0.1, 0.15) is 67.8 Å². The molecule has 2 aliphatic rings. The molecule has 1 N–H and O–H groups in total. The van der Waals surface area contributed by atoms with Crippen LogP contribution < -0.4 is 5.32 Å². The molecule has 144 valence electrons. The van der Waals surface area contributed by atoms with Crippen molar-refractivity contribution in [3.63, 3.8) is 0 Å². The van der Waals surface area contributed by atoms with Crippen molar-refractivity contribution in [3.05, 3.63) is 35.4 Å². The molecule has 1 aromatic rings. The molecule has 3 rings (SSSR count). The number of hydrogen-bond donors (Lipinski definition) is 1. The van der Waals surface area contributed by atoms with Gasteiger partial charge < -0.3 is 5.32 Å². The summed E-state index contributed by atoms with van der Waals surface area (Å²) in [5, 5.41) is 3.89. The van der Waals surface area contributed by atoms with Crippen LogP contribution in [0.4, 0.5) is 0 Å². The highest BCUT2D eigenvalue weighted by Crippen LogP contribution is 2.27. The first-order valence-electron chi connectivity index (χ1n) is 10.4. The third-order valence-electron chi connectivity index (χ3n) is 5.66. The Morgan fingerprint density at radius 3 is 2.62 bits per heavy atom. The average Bonchev–Trinajstić information content (AvgIpc) is 2.66. The summed E-state index contributed by atoms with van der Waals surface area (Å²) in [7, 11) is 0. The molecule has 4 heteroatoms. The first-order chi connectivity index (χ1) is 12.7. The monoisotopic (exact) mass is 374 g/mol. The summed E-state index contributed by atoms with van der Waals surface area (Å²) in [5.41, 5.74) is 2.09. The summed E-state index contributed by atoms with van der Waals surface area (Å²) in [4.78, 5) is 14.8. The Morgan fingerprint density at radius 1 is 1.12 bits per heavy atom. The molecule has 1 aromatic carbocycles. The third-order valence-corrected chi connectivity index (χ3v) is 7.04. The van der Waals surface area contributed by atoms with Gasteiger partial charge in [-0.15, -0.1) is 0 Å². The number of hydrogen-bond acceptors (Lipinski definition) is 3. The van der Waals surface area contributed by atoms with E-state index in [4.69, 9.17) is 0 Å². The van der Waals surface area contributed by atoms with Crippen LogP contribution >= 0.6 is 11.8 Å². The van der Waals surface area contributed by atoms with E-state index < -0.39 is 0 Å².